The van der Waals surface area contributed by atoms with E-state index in [4.69, 9.17) is 0 Å². The molecule has 2 aliphatic rings. The summed E-state index contributed by atoms with van der Waals surface area (Å²) in [7, 11) is 0. The summed E-state index contributed by atoms with van der Waals surface area (Å²) in [4.78, 5) is 4.36. The topological polar surface area (TPSA) is 26.5 Å². The van der Waals surface area contributed by atoms with Crippen LogP contribution in [0.25, 0.3) is 5.32 Å². The lowest BCUT2D eigenvalue weighted by Crippen LogP contribution is -2.00. The van der Waals surface area contributed by atoms with Crippen LogP contribution in [0.3, 0.4) is 0 Å². The molecule has 0 bridgehead atoms. The summed E-state index contributed by atoms with van der Waals surface area (Å²) in [6.07, 6.45) is 8.16. The molecule has 0 spiro atoms. The molecule has 0 saturated carbocycles. The molecule has 86 valence electrons. The van der Waals surface area contributed by atoms with Gasteiger partial charge in [0.15, 0.2) is 5.57 Å². The van der Waals surface area contributed by atoms with Crippen LogP contribution < -0.4 is 0 Å². The first-order valence-electron chi connectivity index (χ1n) is 5.70. The van der Waals surface area contributed by atoms with Crippen LogP contribution in [0.15, 0.2) is 57.2 Å². The van der Waals surface area contributed by atoms with Gasteiger partial charge < -0.3 is 5.32 Å². The third-order valence-corrected chi connectivity index (χ3v) is 2.45. The standard InChI is InChI=1S/C15H16N2/c1-10-5-14(6-11(2)16-10)9-15-7-12(3)17-13(4)8-15/h5-8H,1-4H3. The van der Waals surface area contributed by atoms with Crippen molar-refractivity contribution in [3.05, 3.63) is 63.9 Å². The minimum atomic E-state index is 1.02. The average molecular weight is 224 g/mol. The first-order valence-corrected chi connectivity index (χ1v) is 5.70. The van der Waals surface area contributed by atoms with Crippen molar-refractivity contribution in [2.45, 2.75) is 27.7 Å². The zero-order valence-corrected chi connectivity index (χ0v) is 10.7. The van der Waals surface area contributed by atoms with E-state index in [9.17, 15) is 0 Å². The molecule has 0 saturated heterocycles. The maximum absolute atomic E-state index is 4.36. The second-order valence-corrected chi connectivity index (χ2v) is 4.40. The Morgan fingerprint density at radius 2 is 1.71 bits per heavy atom. The lowest BCUT2D eigenvalue weighted by Gasteiger charge is -2.26. The Kier molecular flexibility index (Phi) is 3.08. The minimum Gasteiger partial charge on any atom is -0.665 e. The molecule has 2 heterocycles. The fraction of sp³-hybridized carbons (Fsp3) is 0.267. The Bertz CT molecular complexity index is 513. The average Bonchev–Trinajstić information content (AvgIpc) is 2.13. The van der Waals surface area contributed by atoms with Gasteiger partial charge in [-0.2, -0.15) is 11.4 Å². The summed E-state index contributed by atoms with van der Waals surface area (Å²) in [5.74, 6) is 0. The molecule has 0 fully saturated rings. The molecule has 0 amide bonds. The first-order chi connectivity index (χ1) is 8.02. The number of hydrogen-bond donors (Lipinski definition) is 0. The fourth-order valence-electron chi connectivity index (χ4n) is 1.98. The lowest BCUT2D eigenvalue weighted by atomic mass is 10.0. The van der Waals surface area contributed by atoms with Gasteiger partial charge in [0.1, 0.15) is 0 Å². The predicted molar refractivity (Wildman–Crippen MR) is 72.6 cm³/mol. The Labute approximate surface area is 103 Å². The molecular weight excluding hydrogens is 208 g/mol. The molecule has 2 aliphatic heterocycles. The Balaban J connectivity index is 2.42. The van der Waals surface area contributed by atoms with Crippen molar-refractivity contribution in [1.29, 1.82) is 0 Å². The van der Waals surface area contributed by atoms with E-state index in [0.29, 0.717) is 0 Å². The number of rotatable bonds is 0. The molecule has 0 N–H and O–H groups in total. The van der Waals surface area contributed by atoms with E-state index in [-0.39, 0.29) is 0 Å². The van der Waals surface area contributed by atoms with Crippen LogP contribution >= 0.6 is 0 Å². The molecular formula is C15H16N2. The van der Waals surface area contributed by atoms with Crippen molar-refractivity contribution >= 4 is 5.71 Å². The van der Waals surface area contributed by atoms with Crippen LogP contribution in [0.1, 0.15) is 27.7 Å². The van der Waals surface area contributed by atoms with Gasteiger partial charge in [-0.25, -0.2) is 4.99 Å². The summed E-state index contributed by atoms with van der Waals surface area (Å²) in [5.41, 5.74) is 9.62. The van der Waals surface area contributed by atoms with E-state index < -0.39 is 0 Å². The van der Waals surface area contributed by atoms with Crippen molar-refractivity contribution in [2.75, 3.05) is 0 Å². The molecule has 17 heavy (non-hydrogen) atoms. The Morgan fingerprint density at radius 3 is 2.29 bits per heavy atom. The monoisotopic (exact) mass is 224 g/mol. The molecule has 0 unspecified atom stereocenters. The minimum absolute atomic E-state index is 1.02. The highest BCUT2D eigenvalue weighted by atomic mass is 14.9. The summed E-state index contributed by atoms with van der Waals surface area (Å²) >= 11 is 0. The molecule has 0 aromatic rings. The number of allylic oxidation sites excluding steroid dienone is 7. The van der Waals surface area contributed by atoms with Gasteiger partial charge >= 0.3 is 0 Å². The largest absolute Gasteiger partial charge is 0.665 e. The quantitative estimate of drug-likeness (QED) is 0.435. The molecule has 0 aliphatic carbocycles. The van der Waals surface area contributed by atoms with Gasteiger partial charge in [0, 0.05) is 0 Å². The summed E-state index contributed by atoms with van der Waals surface area (Å²) in [6, 6.07) is 0. The van der Waals surface area contributed by atoms with Crippen LogP contribution in [-0.2, 0) is 0 Å². The van der Waals surface area contributed by atoms with E-state index in [0.717, 1.165) is 33.9 Å². The van der Waals surface area contributed by atoms with Gasteiger partial charge in [0.05, 0.1) is 35.2 Å². The zero-order valence-electron chi connectivity index (χ0n) is 10.7. The fourth-order valence-corrected chi connectivity index (χ4v) is 1.98. The van der Waals surface area contributed by atoms with Crippen molar-refractivity contribution in [3.63, 3.8) is 0 Å². The second kappa shape index (κ2) is 4.52. The van der Waals surface area contributed by atoms with Crippen LogP contribution in [0.5, 0.6) is 0 Å². The van der Waals surface area contributed by atoms with Crippen LogP contribution in [0.2, 0.25) is 0 Å². The van der Waals surface area contributed by atoms with E-state index in [1.54, 1.807) is 0 Å². The molecule has 2 heteroatoms. The molecule has 0 aromatic carbocycles. The van der Waals surface area contributed by atoms with E-state index in [1.165, 1.54) is 0 Å². The summed E-state index contributed by atoms with van der Waals surface area (Å²) < 4.78 is 0. The molecule has 0 atom stereocenters. The third kappa shape index (κ3) is 3.02. The summed E-state index contributed by atoms with van der Waals surface area (Å²) in [5, 5.41) is 4.36. The van der Waals surface area contributed by atoms with Gasteiger partial charge in [0.25, 0.3) is 0 Å². The molecule has 0 radical (unpaired) electrons. The maximum Gasteiger partial charge on any atom is 0.192 e. The highest BCUT2D eigenvalue weighted by molar-refractivity contribution is 5.95. The summed E-state index contributed by atoms with van der Waals surface area (Å²) in [6.45, 7) is 8.00. The molecule has 0 aromatic heterocycles. The predicted octanol–water partition coefficient (Wildman–Crippen LogP) is 4.22. The zero-order chi connectivity index (χ0) is 12.4. The number of hydrogen-bond acceptors (Lipinski definition) is 1. The number of aliphatic imine (C=N–C) groups is 1. The Hall–Kier alpha value is -1.92. The third-order valence-electron chi connectivity index (χ3n) is 2.45. The van der Waals surface area contributed by atoms with Crippen molar-refractivity contribution in [1.82, 2.24) is 0 Å². The van der Waals surface area contributed by atoms with Gasteiger partial charge in [-0.3, -0.25) is 0 Å². The van der Waals surface area contributed by atoms with E-state index in [1.807, 2.05) is 52.3 Å². The first kappa shape index (κ1) is 11.6. The lowest BCUT2D eigenvalue weighted by molar-refractivity contribution is 1.25. The van der Waals surface area contributed by atoms with Crippen LogP contribution in [0, 0.1) is 6.42 Å². The van der Waals surface area contributed by atoms with Crippen molar-refractivity contribution < 1.29 is 0 Å². The number of nitrogens with zero attached hydrogens (tertiary/aromatic N) is 2. The van der Waals surface area contributed by atoms with Gasteiger partial charge in [0.2, 0.25) is 0 Å². The highest BCUT2D eigenvalue weighted by Crippen LogP contribution is 2.24. The van der Waals surface area contributed by atoms with Crippen molar-refractivity contribution in [2.24, 2.45) is 4.99 Å². The molecule has 2 nitrogen and oxygen atoms in total. The normalized spacial score (nSPS) is 19.3. The maximum atomic E-state index is 4.36. The van der Waals surface area contributed by atoms with Crippen molar-refractivity contribution in [3.8, 4) is 0 Å². The Morgan fingerprint density at radius 1 is 1.06 bits per heavy atom. The van der Waals surface area contributed by atoms with Gasteiger partial charge in [-0.15, -0.1) is 0 Å². The second-order valence-electron chi connectivity index (χ2n) is 4.40. The van der Waals surface area contributed by atoms with E-state index in [2.05, 4.69) is 16.0 Å². The molecule has 2 rings (SSSR count). The van der Waals surface area contributed by atoms with Crippen LogP contribution in [0.4, 0.5) is 0 Å². The van der Waals surface area contributed by atoms with Gasteiger partial charge in [-0.1, -0.05) is 26.0 Å². The van der Waals surface area contributed by atoms with Crippen LogP contribution in [-0.4, -0.2) is 5.71 Å². The smallest absolute Gasteiger partial charge is 0.192 e. The highest BCUT2D eigenvalue weighted by Gasteiger charge is 2.13. The van der Waals surface area contributed by atoms with Gasteiger partial charge in [-0.05, 0) is 13.8 Å². The SMILES string of the molecule is CC1=CC(=C=C2C=C(C)[N-]C(C)=C2)[CH+]C(C)=N1. The van der Waals surface area contributed by atoms with E-state index >= 15 is 0 Å².